The molecular formula is C11H17NO2. The van der Waals surface area contributed by atoms with E-state index in [1.54, 1.807) is 7.11 Å². The highest BCUT2D eigenvalue weighted by Crippen LogP contribution is 2.22. The molecule has 0 spiro atoms. The molecular weight excluding hydrogens is 178 g/mol. The van der Waals surface area contributed by atoms with E-state index in [0.717, 1.165) is 5.56 Å². The molecule has 1 aromatic rings. The smallest absolute Gasteiger partial charge is 0.142 e. The van der Waals surface area contributed by atoms with Gasteiger partial charge in [-0.25, -0.2) is 0 Å². The second-order valence-electron chi connectivity index (χ2n) is 3.44. The Labute approximate surface area is 84.8 Å². The normalized spacial score (nSPS) is 10.6. The summed E-state index contributed by atoms with van der Waals surface area (Å²) in [5, 5.41) is 0. The molecule has 1 aromatic carbocycles. The third-order valence-corrected chi connectivity index (χ3v) is 1.88. The molecule has 0 radical (unpaired) electrons. The van der Waals surface area contributed by atoms with Gasteiger partial charge in [-0.2, -0.15) is 0 Å². The zero-order valence-electron chi connectivity index (χ0n) is 8.91. The van der Waals surface area contributed by atoms with Crippen LogP contribution >= 0.6 is 0 Å². The molecule has 3 heteroatoms. The Morgan fingerprint density at radius 3 is 2.64 bits per heavy atom. The van der Waals surface area contributed by atoms with Crippen LogP contribution in [0.15, 0.2) is 18.2 Å². The fraction of sp³-hybridized carbons (Fsp3) is 0.455. The molecule has 3 nitrogen and oxygen atoms in total. The van der Waals surface area contributed by atoms with Crippen molar-refractivity contribution < 1.29 is 9.47 Å². The maximum absolute atomic E-state index is 5.69. The monoisotopic (exact) mass is 195 g/mol. The van der Waals surface area contributed by atoms with Gasteiger partial charge in [-0.15, -0.1) is 0 Å². The molecule has 2 N–H and O–H groups in total. The number of hydrogen-bond donors (Lipinski definition) is 1. The van der Waals surface area contributed by atoms with Gasteiger partial charge in [0.25, 0.3) is 0 Å². The summed E-state index contributed by atoms with van der Waals surface area (Å²) in [5.41, 5.74) is 7.42. The zero-order chi connectivity index (χ0) is 10.6. The topological polar surface area (TPSA) is 44.5 Å². The van der Waals surface area contributed by atoms with E-state index in [-0.39, 0.29) is 6.10 Å². The van der Waals surface area contributed by atoms with Gasteiger partial charge in [-0.3, -0.25) is 0 Å². The number of nitrogens with two attached hydrogens (primary N) is 1. The molecule has 0 bridgehead atoms. The molecule has 0 fully saturated rings. The third-order valence-electron chi connectivity index (χ3n) is 1.88. The van der Waals surface area contributed by atoms with Crippen molar-refractivity contribution in [2.24, 2.45) is 0 Å². The number of benzene rings is 1. The lowest BCUT2D eigenvalue weighted by Gasteiger charge is -2.10. The van der Waals surface area contributed by atoms with Gasteiger partial charge in [0.15, 0.2) is 0 Å². The van der Waals surface area contributed by atoms with E-state index in [2.05, 4.69) is 0 Å². The minimum Gasteiger partial charge on any atom is -0.495 e. The number of nitrogen functional groups attached to an aromatic ring is 1. The molecule has 78 valence electrons. The number of methoxy groups -OCH3 is 1. The van der Waals surface area contributed by atoms with Gasteiger partial charge in [-0.05, 0) is 31.5 Å². The molecule has 0 unspecified atom stereocenters. The third kappa shape index (κ3) is 2.92. The van der Waals surface area contributed by atoms with Crippen molar-refractivity contribution in [3.05, 3.63) is 23.8 Å². The van der Waals surface area contributed by atoms with Gasteiger partial charge in [0.05, 0.1) is 25.5 Å². The number of anilines is 1. The van der Waals surface area contributed by atoms with Crippen LogP contribution in [0.5, 0.6) is 5.75 Å². The highest BCUT2D eigenvalue weighted by atomic mass is 16.5. The predicted octanol–water partition coefficient (Wildman–Crippen LogP) is 2.20. The summed E-state index contributed by atoms with van der Waals surface area (Å²) in [5.74, 6) is 0.704. The average molecular weight is 195 g/mol. The van der Waals surface area contributed by atoms with Crippen molar-refractivity contribution in [3.63, 3.8) is 0 Å². The standard InChI is InChI=1S/C11H17NO2/c1-8(2)14-7-9-4-5-10(12)11(6-9)13-3/h4-6,8H,7,12H2,1-3H3. The van der Waals surface area contributed by atoms with Crippen molar-refractivity contribution in [2.45, 2.75) is 26.6 Å². The molecule has 0 amide bonds. The van der Waals surface area contributed by atoms with Gasteiger partial charge in [0.1, 0.15) is 5.75 Å². The number of hydrogen-bond acceptors (Lipinski definition) is 3. The Morgan fingerprint density at radius 2 is 2.07 bits per heavy atom. The lowest BCUT2D eigenvalue weighted by Crippen LogP contribution is -2.02. The van der Waals surface area contributed by atoms with Crippen LogP contribution < -0.4 is 10.5 Å². The summed E-state index contributed by atoms with van der Waals surface area (Å²) in [6.07, 6.45) is 0.235. The van der Waals surface area contributed by atoms with Crippen LogP contribution in [0.4, 0.5) is 5.69 Å². The summed E-state index contributed by atoms with van der Waals surface area (Å²) >= 11 is 0. The fourth-order valence-electron chi connectivity index (χ4n) is 1.11. The second-order valence-corrected chi connectivity index (χ2v) is 3.44. The molecule has 0 aliphatic carbocycles. The molecule has 0 atom stereocenters. The fourth-order valence-corrected chi connectivity index (χ4v) is 1.11. The van der Waals surface area contributed by atoms with E-state index in [9.17, 15) is 0 Å². The Kier molecular flexibility index (Phi) is 3.77. The van der Waals surface area contributed by atoms with E-state index in [4.69, 9.17) is 15.2 Å². The summed E-state index contributed by atoms with van der Waals surface area (Å²) in [7, 11) is 1.61. The quantitative estimate of drug-likeness (QED) is 0.749. The second kappa shape index (κ2) is 4.86. The highest BCUT2D eigenvalue weighted by molar-refractivity contribution is 5.53. The lowest BCUT2D eigenvalue weighted by atomic mass is 10.2. The van der Waals surface area contributed by atoms with Crippen LogP contribution in [0.3, 0.4) is 0 Å². The first-order valence-corrected chi connectivity index (χ1v) is 4.67. The van der Waals surface area contributed by atoms with E-state index >= 15 is 0 Å². The van der Waals surface area contributed by atoms with Crippen LogP contribution in [0.2, 0.25) is 0 Å². The largest absolute Gasteiger partial charge is 0.495 e. The Balaban J connectivity index is 2.69. The summed E-state index contributed by atoms with van der Waals surface area (Å²) in [4.78, 5) is 0. The Bertz CT molecular complexity index is 297. The Morgan fingerprint density at radius 1 is 1.36 bits per heavy atom. The SMILES string of the molecule is COc1cc(COC(C)C)ccc1N. The van der Waals surface area contributed by atoms with Crippen LogP contribution in [0.1, 0.15) is 19.4 Å². The average Bonchev–Trinajstić information content (AvgIpc) is 2.16. The van der Waals surface area contributed by atoms with Gasteiger partial charge in [0, 0.05) is 0 Å². The minimum absolute atomic E-state index is 0.235. The Hall–Kier alpha value is -1.22. The maximum atomic E-state index is 5.69. The minimum atomic E-state index is 0.235. The van der Waals surface area contributed by atoms with Gasteiger partial charge in [0.2, 0.25) is 0 Å². The van der Waals surface area contributed by atoms with E-state index in [1.807, 2.05) is 32.0 Å². The number of rotatable bonds is 4. The van der Waals surface area contributed by atoms with E-state index in [1.165, 1.54) is 0 Å². The molecule has 0 saturated heterocycles. The molecule has 0 aliphatic rings. The van der Waals surface area contributed by atoms with E-state index in [0.29, 0.717) is 18.0 Å². The zero-order valence-corrected chi connectivity index (χ0v) is 8.91. The van der Waals surface area contributed by atoms with E-state index < -0.39 is 0 Å². The van der Waals surface area contributed by atoms with Gasteiger partial charge >= 0.3 is 0 Å². The van der Waals surface area contributed by atoms with Crippen LogP contribution in [-0.4, -0.2) is 13.2 Å². The first kappa shape index (κ1) is 10.9. The lowest BCUT2D eigenvalue weighted by molar-refractivity contribution is 0.0656. The first-order chi connectivity index (χ1) is 6.63. The van der Waals surface area contributed by atoms with Crippen molar-refractivity contribution in [1.82, 2.24) is 0 Å². The van der Waals surface area contributed by atoms with Gasteiger partial charge < -0.3 is 15.2 Å². The molecule has 14 heavy (non-hydrogen) atoms. The first-order valence-electron chi connectivity index (χ1n) is 4.67. The van der Waals surface area contributed by atoms with Crippen molar-refractivity contribution >= 4 is 5.69 Å². The molecule has 0 heterocycles. The van der Waals surface area contributed by atoms with Crippen molar-refractivity contribution in [2.75, 3.05) is 12.8 Å². The van der Waals surface area contributed by atoms with Crippen molar-refractivity contribution in [3.8, 4) is 5.75 Å². The van der Waals surface area contributed by atoms with Crippen molar-refractivity contribution in [1.29, 1.82) is 0 Å². The van der Waals surface area contributed by atoms with Crippen LogP contribution in [0, 0.1) is 0 Å². The maximum Gasteiger partial charge on any atom is 0.142 e. The summed E-state index contributed by atoms with van der Waals surface area (Å²) in [6.45, 7) is 4.61. The summed E-state index contributed by atoms with van der Waals surface area (Å²) < 4.78 is 10.6. The molecule has 0 aliphatic heterocycles. The van der Waals surface area contributed by atoms with Gasteiger partial charge in [-0.1, -0.05) is 6.07 Å². The predicted molar refractivity (Wildman–Crippen MR) is 57.3 cm³/mol. The molecule has 0 saturated carbocycles. The molecule has 1 rings (SSSR count). The number of ether oxygens (including phenoxy) is 2. The summed E-state index contributed by atoms with van der Waals surface area (Å²) in [6, 6.07) is 5.68. The highest BCUT2D eigenvalue weighted by Gasteiger charge is 2.01. The molecule has 0 aromatic heterocycles. The van der Waals surface area contributed by atoms with Crippen LogP contribution in [-0.2, 0) is 11.3 Å². The van der Waals surface area contributed by atoms with Crippen LogP contribution in [0.25, 0.3) is 0 Å².